The van der Waals surface area contributed by atoms with Crippen molar-refractivity contribution < 1.29 is 4.74 Å². The Kier molecular flexibility index (Phi) is 9.43. The van der Waals surface area contributed by atoms with Crippen LogP contribution < -0.4 is 4.90 Å². The van der Waals surface area contributed by atoms with Gasteiger partial charge in [0, 0.05) is 43.9 Å². The van der Waals surface area contributed by atoms with Crippen LogP contribution in [0.2, 0.25) is 0 Å². The highest BCUT2D eigenvalue weighted by molar-refractivity contribution is 7.14. The Bertz CT molecular complexity index is 1670. The summed E-state index contributed by atoms with van der Waals surface area (Å²) in [7, 11) is 0. The summed E-state index contributed by atoms with van der Waals surface area (Å²) in [6, 6.07) is 22.8. The molecule has 0 saturated heterocycles. The van der Waals surface area contributed by atoms with E-state index in [1.165, 1.54) is 21.0 Å². The number of hydrogen-bond donors (Lipinski definition) is 0. The summed E-state index contributed by atoms with van der Waals surface area (Å²) < 4.78 is 5.83. The Labute approximate surface area is 250 Å². The van der Waals surface area contributed by atoms with Gasteiger partial charge < -0.3 is 9.64 Å². The minimum Gasteiger partial charge on any atom is -0.480 e. The molecule has 1 aliphatic heterocycles. The van der Waals surface area contributed by atoms with Crippen molar-refractivity contribution in [3.05, 3.63) is 102 Å². The fraction of sp³-hybridized carbons (Fsp3) is 0.206. The lowest BCUT2D eigenvalue weighted by Crippen LogP contribution is -2.21. The molecule has 0 saturated carbocycles. The number of nitrogens with zero attached hydrogens (tertiary/aromatic N) is 4. The molecule has 2 aromatic heterocycles. The quantitative estimate of drug-likeness (QED) is 0.238. The van der Waals surface area contributed by atoms with Crippen molar-refractivity contribution in [2.45, 2.75) is 33.3 Å². The number of nitriles is 3. The van der Waals surface area contributed by atoms with Gasteiger partial charge in [-0.3, -0.25) is 0 Å². The first kappa shape index (κ1) is 29.4. The van der Waals surface area contributed by atoms with Gasteiger partial charge in [-0.15, -0.1) is 22.7 Å². The minimum atomic E-state index is -0.823. The molecule has 0 unspecified atom stereocenters. The zero-order chi connectivity index (χ0) is 29.4. The van der Waals surface area contributed by atoms with E-state index in [9.17, 15) is 15.8 Å². The lowest BCUT2D eigenvalue weighted by Gasteiger charge is -2.20. The van der Waals surface area contributed by atoms with Crippen molar-refractivity contribution in [3.63, 3.8) is 0 Å². The summed E-state index contributed by atoms with van der Waals surface area (Å²) in [4.78, 5) is 6.83. The standard InChI is InChI=1S/C34H30N4OS2/c1-5-38(6-2)26-10-7-24(8-11-26)9-12-27-13-14-28(40-27)15-16-29-17-18-30(41-29)19-20-32-31(23-37)33(25(21-35)22-36)39-34(32,3)4/h7-20H,5-6H2,1-4H3/b12-9+,16-15+,20-19+. The van der Waals surface area contributed by atoms with E-state index in [0.29, 0.717) is 5.57 Å². The number of anilines is 1. The van der Waals surface area contributed by atoms with Gasteiger partial charge >= 0.3 is 0 Å². The second-order valence-corrected chi connectivity index (χ2v) is 12.0. The van der Waals surface area contributed by atoms with Crippen LogP contribution in [-0.4, -0.2) is 18.7 Å². The molecule has 204 valence electrons. The molecule has 0 spiro atoms. The Morgan fingerprint density at radius 2 is 1.24 bits per heavy atom. The predicted octanol–water partition coefficient (Wildman–Crippen LogP) is 8.94. The molecule has 0 radical (unpaired) electrons. The van der Waals surface area contributed by atoms with Gasteiger partial charge in [-0.05, 0) is 94.0 Å². The average molecular weight is 575 g/mol. The fourth-order valence-electron chi connectivity index (χ4n) is 4.47. The molecule has 5 nitrogen and oxygen atoms in total. The van der Waals surface area contributed by atoms with Crippen molar-refractivity contribution >= 4 is 58.7 Å². The Morgan fingerprint density at radius 3 is 1.71 bits per heavy atom. The molecule has 0 aliphatic carbocycles. The third-order valence-corrected chi connectivity index (χ3v) is 8.68. The summed E-state index contributed by atoms with van der Waals surface area (Å²) in [5, 5.41) is 28.2. The zero-order valence-electron chi connectivity index (χ0n) is 23.5. The van der Waals surface area contributed by atoms with Gasteiger partial charge in [-0.1, -0.05) is 24.3 Å². The van der Waals surface area contributed by atoms with Crippen molar-refractivity contribution in [2.75, 3.05) is 18.0 Å². The van der Waals surface area contributed by atoms with Crippen LogP contribution in [0.25, 0.3) is 30.4 Å². The third kappa shape index (κ3) is 6.94. The van der Waals surface area contributed by atoms with Gasteiger partial charge in [0.1, 0.15) is 29.4 Å². The highest BCUT2D eigenvalue weighted by Gasteiger charge is 2.38. The largest absolute Gasteiger partial charge is 0.480 e. The smallest absolute Gasteiger partial charge is 0.172 e. The molecule has 0 amide bonds. The molecule has 1 aromatic carbocycles. The number of benzene rings is 1. The second kappa shape index (κ2) is 13.2. The normalized spacial score (nSPS) is 14.4. The maximum absolute atomic E-state index is 9.71. The van der Waals surface area contributed by atoms with Crippen LogP contribution in [0.3, 0.4) is 0 Å². The SMILES string of the molecule is CCN(CC)c1ccc(/C=C/c2ccc(/C=C/c3ccc(/C=C/C4=C(C#N)C(=C(C#N)C#N)OC4(C)C)s3)s2)cc1. The summed E-state index contributed by atoms with van der Waals surface area (Å²) in [5.74, 6) is 0.0512. The maximum atomic E-state index is 9.71. The van der Waals surface area contributed by atoms with Crippen LogP contribution in [0.5, 0.6) is 0 Å². The van der Waals surface area contributed by atoms with Crippen molar-refractivity contribution in [1.29, 1.82) is 15.8 Å². The molecule has 0 atom stereocenters. The highest BCUT2D eigenvalue weighted by atomic mass is 32.1. The van der Waals surface area contributed by atoms with Crippen molar-refractivity contribution in [1.82, 2.24) is 0 Å². The van der Waals surface area contributed by atoms with E-state index in [0.717, 1.165) is 22.8 Å². The van der Waals surface area contributed by atoms with Gasteiger partial charge in [0.2, 0.25) is 0 Å². The number of rotatable bonds is 9. The lowest BCUT2D eigenvalue weighted by atomic mass is 9.94. The molecule has 0 bridgehead atoms. The van der Waals surface area contributed by atoms with Crippen LogP contribution in [0.1, 0.15) is 52.8 Å². The number of hydrogen-bond acceptors (Lipinski definition) is 7. The number of allylic oxidation sites excluding steroid dienone is 2. The van der Waals surface area contributed by atoms with E-state index in [4.69, 9.17) is 4.74 Å². The molecular weight excluding hydrogens is 545 g/mol. The monoisotopic (exact) mass is 574 g/mol. The van der Waals surface area contributed by atoms with Gasteiger partial charge in [0.05, 0.1) is 0 Å². The first-order valence-electron chi connectivity index (χ1n) is 13.3. The minimum absolute atomic E-state index is 0.0512. The maximum Gasteiger partial charge on any atom is 0.172 e. The van der Waals surface area contributed by atoms with Crippen LogP contribution in [0.4, 0.5) is 5.69 Å². The molecule has 7 heteroatoms. The molecule has 3 aromatic rings. The first-order chi connectivity index (χ1) is 19.8. The first-order valence-corrected chi connectivity index (χ1v) is 14.9. The van der Waals surface area contributed by atoms with Crippen LogP contribution in [0.15, 0.2) is 77.1 Å². The predicted molar refractivity (Wildman–Crippen MR) is 172 cm³/mol. The van der Waals surface area contributed by atoms with Gasteiger partial charge in [0.15, 0.2) is 11.3 Å². The van der Waals surface area contributed by atoms with Crippen LogP contribution in [0, 0.1) is 34.0 Å². The summed E-state index contributed by atoms with van der Waals surface area (Å²) in [6.45, 7) is 9.99. The van der Waals surface area contributed by atoms with E-state index in [1.807, 2.05) is 44.2 Å². The zero-order valence-corrected chi connectivity index (χ0v) is 25.1. The fourth-order valence-corrected chi connectivity index (χ4v) is 6.10. The molecule has 41 heavy (non-hydrogen) atoms. The van der Waals surface area contributed by atoms with Gasteiger partial charge in [-0.25, -0.2) is 0 Å². The Hall–Kier alpha value is -4.61. The molecule has 0 N–H and O–H groups in total. The third-order valence-electron chi connectivity index (χ3n) is 6.65. The van der Waals surface area contributed by atoms with Crippen molar-refractivity contribution in [3.8, 4) is 18.2 Å². The van der Waals surface area contributed by atoms with Crippen molar-refractivity contribution in [2.24, 2.45) is 0 Å². The Morgan fingerprint density at radius 1 is 0.756 bits per heavy atom. The van der Waals surface area contributed by atoms with E-state index < -0.39 is 5.60 Å². The van der Waals surface area contributed by atoms with E-state index in [-0.39, 0.29) is 16.9 Å². The van der Waals surface area contributed by atoms with Crippen LogP contribution in [-0.2, 0) is 4.74 Å². The molecule has 3 heterocycles. The summed E-state index contributed by atoms with van der Waals surface area (Å²) >= 11 is 3.37. The Balaban J connectivity index is 1.43. The molecule has 0 fully saturated rings. The van der Waals surface area contributed by atoms with E-state index in [1.54, 1.807) is 22.7 Å². The summed E-state index contributed by atoms with van der Waals surface area (Å²) in [5.41, 5.74) is 2.27. The van der Waals surface area contributed by atoms with E-state index in [2.05, 4.69) is 91.6 Å². The average Bonchev–Trinajstić information content (AvgIpc) is 3.69. The second-order valence-electron chi connectivity index (χ2n) is 9.68. The number of ether oxygens (including phenoxy) is 1. The molecular formula is C34H30N4OS2. The van der Waals surface area contributed by atoms with E-state index >= 15 is 0 Å². The van der Waals surface area contributed by atoms with Gasteiger partial charge in [-0.2, -0.15) is 15.8 Å². The number of thiophene rings is 2. The van der Waals surface area contributed by atoms with Gasteiger partial charge in [0.25, 0.3) is 0 Å². The molecule has 1 aliphatic rings. The molecule has 4 rings (SSSR count). The lowest BCUT2D eigenvalue weighted by molar-refractivity contribution is 0.0954. The summed E-state index contributed by atoms with van der Waals surface area (Å²) in [6.07, 6.45) is 12.3. The topological polar surface area (TPSA) is 83.8 Å². The van der Waals surface area contributed by atoms with Crippen LogP contribution >= 0.6 is 22.7 Å². The highest BCUT2D eigenvalue weighted by Crippen LogP contribution is 2.40.